The molecule has 0 radical (unpaired) electrons. The minimum atomic E-state index is 0.215. The van der Waals surface area contributed by atoms with E-state index < -0.39 is 0 Å². The smallest absolute Gasteiger partial charge is 0.247 e. The fourth-order valence-electron chi connectivity index (χ4n) is 3.54. The van der Waals surface area contributed by atoms with Gasteiger partial charge in [0.15, 0.2) is 5.82 Å². The average Bonchev–Trinajstić information content (AvgIpc) is 2.98. The number of nitrogens with one attached hydrogen (secondary N) is 3. The van der Waals surface area contributed by atoms with E-state index in [1.807, 2.05) is 56.3 Å². The van der Waals surface area contributed by atoms with Gasteiger partial charge in [-0.15, -0.1) is 0 Å². The zero-order valence-electron chi connectivity index (χ0n) is 21.6. The van der Waals surface area contributed by atoms with Crippen LogP contribution in [0.3, 0.4) is 0 Å². The molecule has 1 aromatic heterocycles. The van der Waals surface area contributed by atoms with E-state index in [1.165, 1.54) is 0 Å². The van der Waals surface area contributed by atoms with E-state index >= 15 is 0 Å². The Labute approximate surface area is 226 Å². The van der Waals surface area contributed by atoms with Gasteiger partial charge in [-0.3, -0.25) is 5.43 Å². The Morgan fingerprint density at radius 2 is 1.33 bits per heavy atom. The second-order valence-electron chi connectivity index (χ2n) is 8.29. The number of nitriles is 2. The molecular weight excluding hydrogens is 490 g/mol. The van der Waals surface area contributed by atoms with Crippen LogP contribution in [0.4, 0.5) is 23.3 Å². The largest absolute Gasteiger partial charge is 0.495 e. The van der Waals surface area contributed by atoms with Crippen LogP contribution < -0.4 is 20.9 Å². The Morgan fingerprint density at radius 1 is 0.744 bits per heavy atom. The molecule has 10 nitrogen and oxygen atoms in total. The lowest BCUT2D eigenvalue weighted by Gasteiger charge is -2.12. The number of hydrogen-bond acceptors (Lipinski definition) is 10. The highest BCUT2D eigenvalue weighted by Gasteiger charge is 2.09. The fraction of sp³-hybridized carbons (Fsp3) is 0.103. The van der Waals surface area contributed by atoms with Gasteiger partial charge in [0.1, 0.15) is 11.6 Å². The zero-order chi connectivity index (χ0) is 27.6. The Bertz CT molecular complexity index is 1540. The summed E-state index contributed by atoms with van der Waals surface area (Å²) in [6, 6.07) is 27.8. The number of para-hydroxylation sites is 2. The van der Waals surface area contributed by atoms with Gasteiger partial charge in [0.2, 0.25) is 5.95 Å². The third kappa shape index (κ3) is 6.94. The summed E-state index contributed by atoms with van der Waals surface area (Å²) in [7, 11) is 1.60. The van der Waals surface area contributed by atoms with Crippen molar-refractivity contribution < 1.29 is 4.74 Å². The van der Waals surface area contributed by atoms with Crippen molar-refractivity contribution in [3.8, 4) is 17.9 Å². The molecule has 3 aromatic carbocycles. The maximum Gasteiger partial charge on any atom is 0.247 e. The lowest BCUT2D eigenvalue weighted by atomic mass is 10.1. The molecule has 0 aliphatic rings. The molecule has 0 amide bonds. The third-order valence-corrected chi connectivity index (χ3v) is 5.58. The van der Waals surface area contributed by atoms with Crippen LogP contribution >= 0.6 is 0 Å². The summed E-state index contributed by atoms with van der Waals surface area (Å²) in [6.07, 6.45) is 0. The molecule has 0 spiro atoms. The van der Waals surface area contributed by atoms with Crippen molar-refractivity contribution in [2.75, 3.05) is 23.3 Å². The van der Waals surface area contributed by atoms with Crippen LogP contribution in [0.15, 0.2) is 89.1 Å². The van der Waals surface area contributed by atoms with Gasteiger partial charge >= 0.3 is 0 Å². The highest BCUT2D eigenvalue weighted by molar-refractivity contribution is 6.00. The summed E-state index contributed by atoms with van der Waals surface area (Å²) in [4.78, 5) is 9.03. The monoisotopic (exact) mass is 515 g/mol. The van der Waals surface area contributed by atoms with Crippen molar-refractivity contribution in [1.82, 2.24) is 9.97 Å². The van der Waals surface area contributed by atoms with E-state index in [0.717, 1.165) is 16.8 Å². The molecule has 4 aromatic rings. The first kappa shape index (κ1) is 26.3. The van der Waals surface area contributed by atoms with E-state index in [0.29, 0.717) is 39.9 Å². The van der Waals surface area contributed by atoms with E-state index in [9.17, 15) is 10.5 Å². The SMILES string of the molecule is COc1ccccc1Nc1cc(NN=C(C)c2cccc(C#N)c2)nc(NN=C(C)c2cccc(C#N)c2)n1. The molecule has 1 heterocycles. The van der Waals surface area contributed by atoms with Gasteiger partial charge in [0, 0.05) is 6.07 Å². The zero-order valence-corrected chi connectivity index (χ0v) is 21.6. The highest BCUT2D eigenvalue weighted by Crippen LogP contribution is 2.27. The molecule has 4 rings (SSSR count). The predicted octanol–water partition coefficient (Wildman–Crippen LogP) is 5.64. The maximum absolute atomic E-state index is 9.19. The lowest BCUT2D eigenvalue weighted by molar-refractivity contribution is 0.417. The van der Waals surface area contributed by atoms with Crippen molar-refractivity contribution in [2.45, 2.75) is 13.8 Å². The van der Waals surface area contributed by atoms with Gasteiger partial charge in [-0.2, -0.15) is 30.7 Å². The van der Waals surface area contributed by atoms with Gasteiger partial charge in [-0.1, -0.05) is 36.4 Å². The maximum atomic E-state index is 9.19. The van der Waals surface area contributed by atoms with E-state index in [-0.39, 0.29) is 5.95 Å². The first-order chi connectivity index (χ1) is 19.0. The Kier molecular flexibility index (Phi) is 8.42. The predicted molar refractivity (Wildman–Crippen MR) is 152 cm³/mol. The molecule has 39 heavy (non-hydrogen) atoms. The lowest BCUT2D eigenvalue weighted by Crippen LogP contribution is -2.07. The number of rotatable bonds is 9. The topological polar surface area (TPSA) is 143 Å². The van der Waals surface area contributed by atoms with Crippen molar-refractivity contribution in [2.24, 2.45) is 10.2 Å². The molecule has 0 unspecified atom stereocenters. The summed E-state index contributed by atoms with van der Waals surface area (Å²) in [5.74, 6) is 1.74. The number of nitrogens with zero attached hydrogens (tertiary/aromatic N) is 6. The quantitative estimate of drug-likeness (QED) is 0.192. The Balaban J connectivity index is 1.64. The first-order valence-corrected chi connectivity index (χ1v) is 11.9. The van der Waals surface area contributed by atoms with Gasteiger partial charge in [0.25, 0.3) is 0 Å². The molecule has 0 bridgehead atoms. The van der Waals surface area contributed by atoms with Crippen molar-refractivity contribution >= 4 is 34.7 Å². The molecule has 0 saturated heterocycles. The number of benzene rings is 3. The standard InChI is InChI=1S/C29H25N9O/c1-19(23-10-6-8-21(14-23)17-30)35-37-28-16-27(32-25-12-4-5-13-26(25)39-3)33-29(34-28)38-36-20(2)24-11-7-9-22(15-24)18-31/h4-16H,1-3H3,(H3,32,33,34,37,38). The third-order valence-electron chi connectivity index (χ3n) is 5.58. The number of methoxy groups -OCH3 is 1. The molecule has 3 N–H and O–H groups in total. The van der Waals surface area contributed by atoms with Crippen LogP contribution in [0.5, 0.6) is 5.75 Å². The van der Waals surface area contributed by atoms with E-state index in [4.69, 9.17) is 4.74 Å². The van der Waals surface area contributed by atoms with Crippen LogP contribution in [-0.2, 0) is 0 Å². The summed E-state index contributed by atoms with van der Waals surface area (Å²) < 4.78 is 5.44. The summed E-state index contributed by atoms with van der Waals surface area (Å²) in [6.45, 7) is 3.66. The first-order valence-electron chi connectivity index (χ1n) is 11.9. The molecule has 0 atom stereocenters. The number of anilines is 4. The minimum Gasteiger partial charge on any atom is -0.495 e. The molecule has 10 heteroatoms. The van der Waals surface area contributed by atoms with Crippen LogP contribution in [0.25, 0.3) is 0 Å². The van der Waals surface area contributed by atoms with Crippen LogP contribution in [0.2, 0.25) is 0 Å². The van der Waals surface area contributed by atoms with Crippen LogP contribution in [-0.4, -0.2) is 28.5 Å². The molecule has 0 fully saturated rings. The second kappa shape index (κ2) is 12.5. The minimum absolute atomic E-state index is 0.215. The van der Waals surface area contributed by atoms with Gasteiger partial charge < -0.3 is 10.1 Å². The molecule has 0 saturated carbocycles. The van der Waals surface area contributed by atoms with Crippen molar-refractivity contribution in [1.29, 1.82) is 10.5 Å². The van der Waals surface area contributed by atoms with Gasteiger partial charge in [-0.25, -0.2) is 5.43 Å². The molecule has 192 valence electrons. The average molecular weight is 516 g/mol. The molecular formula is C29H25N9O. The highest BCUT2D eigenvalue weighted by atomic mass is 16.5. The van der Waals surface area contributed by atoms with Gasteiger partial charge in [0.05, 0.1) is 47.5 Å². The van der Waals surface area contributed by atoms with Crippen LogP contribution in [0, 0.1) is 22.7 Å². The number of hydrazone groups is 2. The number of aromatic nitrogens is 2. The van der Waals surface area contributed by atoms with Crippen LogP contribution in [0.1, 0.15) is 36.1 Å². The normalized spacial score (nSPS) is 11.2. The van der Waals surface area contributed by atoms with E-state index in [1.54, 1.807) is 43.5 Å². The Morgan fingerprint density at radius 3 is 1.95 bits per heavy atom. The second-order valence-corrected chi connectivity index (χ2v) is 8.29. The summed E-state index contributed by atoms with van der Waals surface area (Å²) in [5.41, 5.74) is 10.6. The fourth-order valence-corrected chi connectivity index (χ4v) is 3.54. The van der Waals surface area contributed by atoms with Gasteiger partial charge in [-0.05, 0) is 61.4 Å². The molecule has 0 aliphatic heterocycles. The summed E-state index contributed by atoms with van der Waals surface area (Å²) in [5, 5.41) is 30.5. The van der Waals surface area contributed by atoms with E-state index in [2.05, 4.69) is 48.5 Å². The number of hydrogen-bond donors (Lipinski definition) is 3. The van der Waals surface area contributed by atoms with Crippen molar-refractivity contribution in [3.05, 3.63) is 101 Å². The van der Waals surface area contributed by atoms with Crippen molar-refractivity contribution in [3.63, 3.8) is 0 Å². The number of ether oxygens (including phenoxy) is 1. The summed E-state index contributed by atoms with van der Waals surface area (Å²) >= 11 is 0. The Hall–Kier alpha value is -5.74. The molecule has 0 aliphatic carbocycles.